The first-order chi connectivity index (χ1) is 6.47. The summed E-state index contributed by atoms with van der Waals surface area (Å²) in [4.78, 5) is 0. The lowest BCUT2D eigenvalue weighted by molar-refractivity contribution is 0.107. The molecule has 0 aliphatic carbocycles. The van der Waals surface area contributed by atoms with Gasteiger partial charge in [-0.2, -0.15) is 11.8 Å². The molecule has 0 heterocycles. The minimum Gasteiger partial charge on any atom is -0.390 e. The van der Waals surface area contributed by atoms with E-state index in [0.717, 1.165) is 16.5 Å². The average Bonchev–Trinajstić information content (AvgIpc) is 2.06. The van der Waals surface area contributed by atoms with Crippen molar-refractivity contribution in [2.24, 2.45) is 0 Å². The van der Waals surface area contributed by atoms with Gasteiger partial charge in [-0.25, -0.2) is 0 Å². The van der Waals surface area contributed by atoms with Crippen LogP contribution in [-0.2, 0) is 5.75 Å². The van der Waals surface area contributed by atoms with Crippen molar-refractivity contribution in [1.82, 2.24) is 0 Å². The second-order valence-corrected chi connectivity index (χ2v) is 5.35. The maximum absolute atomic E-state index is 9.50. The molecule has 0 fully saturated rings. The van der Waals surface area contributed by atoms with Crippen molar-refractivity contribution in [3.05, 3.63) is 34.9 Å². The van der Waals surface area contributed by atoms with E-state index in [1.54, 1.807) is 11.8 Å². The molecule has 78 valence electrons. The summed E-state index contributed by atoms with van der Waals surface area (Å²) in [5, 5.41) is 10.3. The Hall–Kier alpha value is -0.180. The quantitative estimate of drug-likeness (QED) is 0.856. The fourth-order valence-electron chi connectivity index (χ4n) is 0.999. The van der Waals surface area contributed by atoms with Crippen LogP contribution in [-0.4, -0.2) is 16.5 Å². The number of aliphatic hydroxyl groups is 1. The van der Waals surface area contributed by atoms with Crippen LogP contribution in [0, 0.1) is 0 Å². The van der Waals surface area contributed by atoms with Gasteiger partial charge < -0.3 is 5.11 Å². The first kappa shape index (κ1) is 11.9. The number of rotatable bonds is 4. The minimum absolute atomic E-state index is 0.586. The lowest BCUT2D eigenvalue weighted by Gasteiger charge is -2.15. The number of hydrogen-bond acceptors (Lipinski definition) is 2. The van der Waals surface area contributed by atoms with Crippen LogP contribution in [0.3, 0.4) is 0 Å². The molecule has 0 aromatic heterocycles. The third-order valence-corrected chi connectivity index (χ3v) is 3.34. The zero-order valence-electron chi connectivity index (χ0n) is 8.46. The standard InChI is InChI=1S/C11H15ClOS/c1-11(2,13)8-14-7-9-3-5-10(12)6-4-9/h3-6,13H,7-8H2,1-2H3. The van der Waals surface area contributed by atoms with Crippen molar-refractivity contribution in [3.8, 4) is 0 Å². The van der Waals surface area contributed by atoms with E-state index in [0.29, 0.717) is 0 Å². The van der Waals surface area contributed by atoms with Crippen LogP contribution in [0.15, 0.2) is 24.3 Å². The number of benzene rings is 1. The maximum Gasteiger partial charge on any atom is 0.0681 e. The van der Waals surface area contributed by atoms with Gasteiger partial charge in [0.2, 0.25) is 0 Å². The van der Waals surface area contributed by atoms with Crippen LogP contribution in [0.5, 0.6) is 0 Å². The zero-order chi connectivity index (χ0) is 10.6. The van der Waals surface area contributed by atoms with Gasteiger partial charge >= 0.3 is 0 Å². The Morgan fingerprint density at radius 1 is 1.29 bits per heavy atom. The summed E-state index contributed by atoms with van der Waals surface area (Å²) < 4.78 is 0. The van der Waals surface area contributed by atoms with Crippen LogP contribution in [0.4, 0.5) is 0 Å². The van der Waals surface area contributed by atoms with Gasteiger partial charge in [-0.15, -0.1) is 0 Å². The largest absolute Gasteiger partial charge is 0.390 e. The van der Waals surface area contributed by atoms with Gasteiger partial charge in [-0.05, 0) is 31.5 Å². The molecule has 14 heavy (non-hydrogen) atoms. The molecule has 1 N–H and O–H groups in total. The summed E-state index contributed by atoms with van der Waals surface area (Å²) in [6, 6.07) is 7.81. The highest BCUT2D eigenvalue weighted by Gasteiger charge is 2.11. The van der Waals surface area contributed by atoms with Crippen molar-refractivity contribution in [3.63, 3.8) is 0 Å². The molecule has 0 atom stereocenters. The van der Waals surface area contributed by atoms with Crippen LogP contribution in [0.2, 0.25) is 5.02 Å². The van der Waals surface area contributed by atoms with Crippen molar-refractivity contribution in [1.29, 1.82) is 0 Å². The predicted molar refractivity (Wildman–Crippen MR) is 63.9 cm³/mol. The van der Waals surface area contributed by atoms with Crippen molar-refractivity contribution in [2.75, 3.05) is 5.75 Å². The Balaban J connectivity index is 2.35. The van der Waals surface area contributed by atoms with Crippen LogP contribution in [0.25, 0.3) is 0 Å². The molecule has 3 heteroatoms. The lowest BCUT2D eigenvalue weighted by Crippen LogP contribution is -2.21. The summed E-state index contributed by atoms with van der Waals surface area (Å²) in [6.07, 6.45) is 0. The molecule has 0 saturated heterocycles. The zero-order valence-corrected chi connectivity index (χ0v) is 10.0. The highest BCUT2D eigenvalue weighted by atomic mass is 35.5. The molecule has 0 amide bonds. The Kier molecular flexibility index (Phi) is 4.30. The Labute approximate surface area is 94.5 Å². The van der Waals surface area contributed by atoms with E-state index >= 15 is 0 Å². The fourth-order valence-corrected chi connectivity index (χ4v) is 2.16. The predicted octanol–water partition coefficient (Wildman–Crippen LogP) is 3.34. The monoisotopic (exact) mass is 230 g/mol. The Morgan fingerprint density at radius 3 is 2.36 bits per heavy atom. The van der Waals surface area contributed by atoms with Gasteiger partial charge in [-0.1, -0.05) is 23.7 Å². The van der Waals surface area contributed by atoms with Gasteiger partial charge in [0.05, 0.1) is 5.60 Å². The molecule has 1 aromatic carbocycles. The lowest BCUT2D eigenvalue weighted by atomic mass is 10.2. The van der Waals surface area contributed by atoms with E-state index in [4.69, 9.17) is 11.6 Å². The van der Waals surface area contributed by atoms with E-state index in [1.807, 2.05) is 38.1 Å². The van der Waals surface area contributed by atoms with Crippen molar-refractivity contribution < 1.29 is 5.11 Å². The van der Waals surface area contributed by atoms with Gasteiger partial charge in [0, 0.05) is 16.5 Å². The van der Waals surface area contributed by atoms with E-state index in [2.05, 4.69) is 0 Å². The molecule has 0 aliphatic rings. The topological polar surface area (TPSA) is 20.2 Å². The van der Waals surface area contributed by atoms with Gasteiger partial charge in [0.1, 0.15) is 0 Å². The highest BCUT2D eigenvalue weighted by Crippen LogP contribution is 2.18. The minimum atomic E-state index is -0.586. The molecule has 1 aromatic rings. The molecule has 0 aliphatic heterocycles. The smallest absolute Gasteiger partial charge is 0.0681 e. The summed E-state index contributed by atoms with van der Waals surface area (Å²) in [6.45, 7) is 3.64. The first-order valence-electron chi connectivity index (χ1n) is 4.52. The second-order valence-electron chi connectivity index (χ2n) is 3.93. The molecule has 0 spiro atoms. The van der Waals surface area contributed by atoms with Crippen molar-refractivity contribution in [2.45, 2.75) is 25.2 Å². The van der Waals surface area contributed by atoms with Gasteiger partial charge in [-0.3, -0.25) is 0 Å². The van der Waals surface area contributed by atoms with E-state index < -0.39 is 5.60 Å². The molecule has 0 saturated carbocycles. The van der Waals surface area contributed by atoms with Crippen molar-refractivity contribution >= 4 is 23.4 Å². The Morgan fingerprint density at radius 2 is 1.86 bits per heavy atom. The second kappa shape index (κ2) is 5.06. The molecule has 0 unspecified atom stereocenters. The summed E-state index contributed by atoms with van der Waals surface area (Å²) in [7, 11) is 0. The number of halogens is 1. The van der Waals surface area contributed by atoms with E-state index in [-0.39, 0.29) is 0 Å². The normalized spacial score (nSPS) is 11.7. The van der Waals surface area contributed by atoms with Crippen LogP contribution >= 0.6 is 23.4 Å². The molecule has 0 radical (unpaired) electrons. The molecule has 1 rings (SSSR count). The summed E-state index contributed by atoms with van der Waals surface area (Å²) >= 11 is 7.50. The summed E-state index contributed by atoms with van der Waals surface area (Å²) in [5.41, 5.74) is 0.653. The highest BCUT2D eigenvalue weighted by molar-refractivity contribution is 7.98. The summed E-state index contributed by atoms with van der Waals surface area (Å²) in [5.74, 6) is 1.66. The number of thioether (sulfide) groups is 1. The maximum atomic E-state index is 9.50. The molecule has 1 nitrogen and oxygen atoms in total. The third-order valence-electron chi connectivity index (χ3n) is 1.64. The fraction of sp³-hybridized carbons (Fsp3) is 0.455. The van der Waals surface area contributed by atoms with Gasteiger partial charge in [0.25, 0.3) is 0 Å². The number of hydrogen-bond donors (Lipinski definition) is 1. The van der Waals surface area contributed by atoms with Gasteiger partial charge in [0.15, 0.2) is 0 Å². The van der Waals surface area contributed by atoms with E-state index in [9.17, 15) is 5.11 Å². The average molecular weight is 231 g/mol. The Bertz CT molecular complexity index is 276. The van der Waals surface area contributed by atoms with E-state index in [1.165, 1.54) is 5.56 Å². The van der Waals surface area contributed by atoms with Crippen LogP contribution in [0.1, 0.15) is 19.4 Å². The molecular weight excluding hydrogens is 216 g/mol. The molecule has 0 bridgehead atoms. The van der Waals surface area contributed by atoms with Crippen LogP contribution < -0.4 is 0 Å². The first-order valence-corrected chi connectivity index (χ1v) is 6.05. The molecular formula is C11H15ClOS. The SMILES string of the molecule is CC(C)(O)CSCc1ccc(Cl)cc1. The third kappa shape index (κ3) is 4.89.